The van der Waals surface area contributed by atoms with Crippen LogP contribution < -0.4 is 0 Å². The van der Waals surface area contributed by atoms with Crippen LogP contribution in [0.1, 0.15) is 84.0 Å². The molecule has 2 fully saturated rings. The van der Waals surface area contributed by atoms with Crippen molar-refractivity contribution in [2.75, 3.05) is 0 Å². The lowest BCUT2D eigenvalue weighted by Gasteiger charge is -2.30. The average Bonchev–Trinajstić information content (AvgIpc) is 3.04. The minimum absolute atomic E-state index is 1.04. The highest BCUT2D eigenvalue weighted by Gasteiger charge is 2.30. The van der Waals surface area contributed by atoms with Gasteiger partial charge < -0.3 is 0 Å². The van der Waals surface area contributed by atoms with Gasteiger partial charge in [0.25, 0.3) is 0 Å². The summed E-state index contributed by atoms with van der Waals surface area (Å²) in [6.45, 7) is 2.30. The molecule has 0 aromatic carbocycles. The molecule has 0 aromatic heterocycles. The van der Waals surface area contributed by atoms with Gasteiger partial charge in [-0.2, -0.15) is 0 Å². The van der Waals surface area contributed by atoms with Crippen molar-refractivity contribution in [1.29, 1.82) is 0 Å². The average molecular weight is 220 g/mol. The van der Waals surface area contributed by atoms with Crippen LogP contribution in [0.25, 0.3) is 0 Å². The van der Waals surface area contributed by atoms with E-state index in [4.69, 9.17) is 0 Å². The van der Waals surface area contributed by atoms with Crippen molar-refractivity contribution >= 4 is 0 Å². The summed E-state index contributed by atoms with van der Waals surface area (Å²) in [7, 11) is 0. The first-order valence-corrected chi connectivity index (χ1v) is 7.62. The van der Waals surface area contributed by atoms with Crippen LogP contribution in [-0.4, -0.2) is 0 Å². The van der Waals surface area contributed by atoms with E-state index in [1.165, 1.54) is 77.0 Å². The Morgan fingerprint density at radius 1 is 0.875 bits per heavy atom. The summed E-state index contributed by atoms with van der Waals surface area (Å²) in [6, 6.07) is 0. The van der Waals surface area contributed by atoms with Crippen molar-refractivity contribution in [3.8, 4) is 0 Å². The zero-order valence-electron chi connectivity index (χ0n) is 11.1. The predicted octanol–water partition coefficient (Wildman–Crippen LogP) is 5.63. The Hall–Kier alpha value is -0.260. The smallest absolute Gasteiger partial charge is 0.0197 e. The van der Waals surface area contributed by atoms with Gasteiger partial charge in [0.1, 0.15) is 0 Å². The third-order valence-electron chi connectivity index (χ3n) is 4.37. The van der Waals surface area contributed by atoms with Crippen LogP contribution in [0, 0.1) is 5.92 Å². The highest BCUT2D eigenvalue weighted by Crippen LogP contribution is 2.46. The molecule has 0 heterocycles. The lowest BCUT2D eigenvalue weighted by molar-refractivity contribution is 0.391. The number of hydrogen-bond acceptors (Lipinski definition) is 0. The van der Waals surface area contributed by atoms with Gasteiger partial charge in [-0.1, -0.05) is 63.0 Å². The van der Waals surface area contributed by atoms with E-state index in [9.17, 15) is 0 Å². The SMILES string of the molecule is CCCCCCCCCC1CCC1=C1CC1. The summed E-state index contributed by atoms with van der Waals surface area (Å²) in [6.07, 6.45) is 17.6. The van der Waals surface area contributed by atoms with Crippen LogP contribution in [0.5, 0.6) is 0 Å². The highest BCUT2D eigenvalue weighted by atomic mass is 14.4. The second kappa shape index (κ2) is 6.47. The van der Waals surface area contributed by atoms with Gasteiger partial charge in [0.15, 0.2) is 0 Å². The number of hydrogen-bond donors (Lipinski definition) is 0. The molecule has 2 saturated carbocycles. The van der Waals surface area contributed by atoms with E-state index in [-0.39, 0.29) is 0 Å². The van der Waals surface area contributed by atoms with Gasteiger partial charge >= 0.3 is 0 Å². The van der Waals surface area contributed by atoms with Crippen molar-refractivity contribution in [3.63, 3.8) is 0 Å². The zero-order chi connectivity index (χ0) is 11.2. The first-order chi connectivity index (χ1) is 7.92. The number of rotatable bonds is 8. The van der Waals surface area contributed by atoms with E-state index in [1.54, 1.807) is 0 Å². The van der Waals surface area contributed by atoms with Gasteiger partial charge in [0, 0.05) is 0 Å². The lowest BCUT2D eigenvalue weighted by atomic mass is 9.75. The van der Waals surface area contributed by atoms with E-state index in [0.717, 1.165) is 5.92 Å². The van der Waals surface area contributed by atoms with Crippen molar-refractivity contribution in [2.45, 2.75) is 84.0 Å². The molecule has 0 heteroatoms. The number of unbranched alkanes of at least 4 members (excludes halogenated alkanes) is 6. The Bertz CT molecular complexity index is 230. The molecule has 2 rings (SSSR count). The first-order valence-electron chi connectivity index (χ1n) is 7.62. The summed E-state index contributed by atoms with van der Waals surface area (Å²) in [5.74, 6) is 1.04. The Labute approximate surface area is 102 Å². The van der Waals surface area contributed by atoms with Gasteiger partial charge in [-0.25, -0.2) is 0 Å². The normalized spacial score (nSPS) is 23.4. The van der Waals surface area contributed by atoms with Gasteiger partial charge in [-0.15, -0.1) is 0 Å². The van der Waals surface area contributed by atoms with Crippen molar-refractivity contribution in [2.24, 2.45) is 5.92 Å². The van der Waals surface area contributed by atoms with Crippen LogP contribution >= 0.6 is 0 Å². The molecular formula is C16H28. The molecule has 92 valence electrons. The maximum absolute atomic E-state index is 2.30. The Morgan fingerprint density at radius 2 is 1.56 bits per heavy atom. The van der Waals surface area contributed by atoms with Crippen LogP contribution in [0.2, 0.25) is 0 Å². The van der Waals surface area contributed by atoms with E-state index in [0.29, 0.717) is 0 Å². The molecule has 1 unspecified atom stereocenters. The predicted molar refractivity (Wildman–Crippen MR) is 71.6 cm³/mol. The minimum Gasteiger partial charge on any atom is -0.0701 e. The topological polar surface area (TPSA) is 0 Å². The van der Waals surface area contributed by atoms with Gasteiger partial charge in [-0.3, -0.25) is 0 Å². The molecule has 0 radical (unpaired) electrons. The molecule has 2 aliphatic rings. The summed E-state index contributed by atoms with van der Waals surface area (Å²) < 4.78 is 0. The molecule has 0 nitrogen and oxygen atoms in total. The Kier molecular flexibility index (Phi) is 4.93. The second-order valence-electron chi connectivity index (χ2n) is 5.77. The molecule has 0 saturated heterocycles. The fourth-order valence-corrected chi connectivity index (χ4v) is 3.01. The molecule has 1 atom stereocenters. The first kappa shape index (κ1) is 12.2. The summed E-state index contributed by atoms with van der Waals surface area (Å²) in [5, 5.41) is 0. The largest absolute Gasteiger partial charge is 0.0701 e. The summed E-state index contributed by atoms with van der Waals surface area (Å²) in [4.78, 5) is 0. The van der Waals surface area contributed by atoms with Crippen LogP contribution in [0.3, 0.4) is 0 Å². The van der Waals surface area contributed by atoms with E-state index in [2.05, 4.69) is 6.92 Å². The standard InChI is InChI=1S/C16H28/c1-2-3-4-5-6-7-8-9-14-12-13-16(14)15-10-11-15/h14H,2-13H2,1H3. The van der Waals surface area contributed by atoms with E-state index < -0.39 is 0 Å². The fourth-order valence-electron chi connectivity index (χ4n) is 3.01. The van der Waals surface area contributed by atoms with E-state index >= 15 is 0 Å². The Balaban J connectivity index is 1.45. The third-order valence-corrected chi connectivity index (χ3v) is 4.37. The highest BCUT2D eigenvalue weighted by molar-refractivity contribution is 5.31. The number of allylic oxidation sites excluding steroid dienone is 2. The van der Waals surface area contributed by atoms with Crippen molar-refractivity contribution in [1.82, 2.24) is 0 Å². The quantitative estimate of drug-likeness (QED) is 0.367. The third kappa shape index (κ3) is 3.64. The maximum atomic E-state index is 2.30. The van der Waals surface area contributed by atoms with Crippen LogP contribution in [0.15, 0.2) is 11.1 Å². The second-order valence-corrected chi connectivity index (χ2v) is 5.77. The Morgan fingerprint density at radius 3 is 2.12 bits per heavy atom. The fraction of sp³-hybridized carbons (Fsp3) is 0.875. The molecular weight excluding hydrogens is 192 g/mol. The molecule has 0 aromatic rings. The van der Waals surface area contributed by atoms with E-state index in [1.807, 2.05) is 11.1 Å². The molecule has 0 amide bonds. The van der Waals surface area contributed by atoms with Gasteiger partial charge in [-0.05, 0) is 38.0 Å². The molecule has 0 N–H and O–H groups in total. The van der Waals surface area contributed by atoms with Crippen LogP contribution in [-0.2, 0) is 0 Å². The monoisotopic (exact) mass is 220 g/mol. The van der Waals surface area contributed by atoms with Crippen molar-refractivity contribution < 1.29 is 0 Å². The molecule has 16 heavy (non-hydrogen) atoms. The lowest BCUT2D eigenvalue weighted by Crippen LogP contribution is -2.15. The summed E-state index contributed by atoms with van der Waals surface area (Å²) >= 11 is 0. The minimum atomic E-state index is 1.04. The van der Waals surface area contributed by atoms with Gasteiger partial charge in [0.05, 0.1) is 0 Å². The van der Waals surface area contributed by atoms with Crippen molar-refractivity contribution in [3.05, 3.63) is 11.1 Å². The molecule has 0 aliphatic heterocycles. The van der Waals surface area contributed by atoms with Gasteiger partial charge in [0.2, 0.25) is 0 Å². The molecule has 0 spiro atoms. The summed E-state index contributed by atoms with van der Waals surface area (Å²) in [5.41, 5.74) is 3.74. The molecule has 0 bridgehead atoms. The maximum Gasteiger partial charge on any atom is -0.0197 e. The zero-order valence-corrected chi connectivity index (χ0v) is 11.1. The van der Waals surface area contributed by atoms with Crippen LogP contribution in [0.4, 0.5) is 0 Å². The molecule has 2 aliphatic carbocycles.